The van der Waals surface area contributed by atoms with Crippen LogP contribution >= 0.6 is 11.8 Å². The fraction of sp³-hybridized carbons (Fsp3) is 0.571. The molecule has 0 saturated carbocycles. The Balaban J connectivity index is 2.20. The lowest BCUT2D eigenvalue weighted by molar-refractivity contribution is 0.185. The summed E-state index contributed by atoms with van der Waals surface area (Å²) in [6, 6.07) is 8.48. The maximum absolute atomic E-state index is 9.77. The molecule has 0 heterocycles. The van der Waals surface area contributed by atoms with Crippen LogP contribution in [0.25, 0.3) is 0 Å². The van der Waals surface area contributed by atoms with Crippen LogP contribution < -0.4 is 0 Å². The lowest BCUT2D eigenvalue weighted by Gasteiger charge is -2.09. The Kier molecular flexibility index (Phi) is 6.58. The summed E-state index contributed by atoms with van der Waals surface area (Å²) in [5.41, 5.74) is 1.29. The van der Waals surface area contributed by atoms with Gasteiger partial charge in [-0.2, -0.15) is 0 Å². The minimum absolute atomic E-state index is 0.155. The van der Waals surface area contributed by atoms with Crippen molar-refractivity contribution in [2.75, 3.05) is 5.75 Å². The molecule has 0 aliphatic rings. The predicted octanol–water partition coefficient (Wildman–Crippen LogP) is 4.03. The first-order valence-electron chi connectivity index (χ1n) is 6.10. The number of rotatable bonds is 7. The molecule has 1 aromatic carbocycles. The van der Waals surface area contributed by atoms with E-state index in [2.05, 4.69) is 38.1 Å². The second-order valence-electron chi connectivity index (χ2n) is 4.27. The summed E-state index contributed by atoms with van der Waals surface area (Å²) in [6.07, 6.45) is 4.38. The molecule has 1 N–H and O–H groups in total. The number of aliphatic hydroxyl groups is 1. The first-order valence-corrected chi connectivity index (χ1v) is 7.08. The van der Waals surface area contributed by atoms with E-state index in [0.717, 1.165) is 18.6 Å². The van der Waals surface area contributed by atoms with Gasteiger partial charge in [0, 0.05) is 10.6 Å². The Morgan fingerprint density at radius 1 is 1.19 bits per heavy atom. The molecular formula is C14H22OS. The summed E-state index contributed by atoms with van der Waals surface area (Å²) in [5, 5.41) is 9.77. The number of unbranched alkanes of at least 4 members (excludes halogenated alkanes) is 2. The highest BCUT2D eigenvalue weighted by molar-refractivity contribution is 7.99. The molecule has 90 valence electrons. The Bertz CT molecular complexity index is 281. The Hall–Kier alpha value is -0.470. The van der Waals surface area contributed by atoms with E-state index in [0.29, 0.717) is 0 Å². The summed E-state index contributed by atoms with van der Waals surface area (Å²) >= 11 is 1.75. The highest BCUT2D eigenvalue weighted by atomic mass is 32.2. The summed E-state index contributed by atoms with van der Waals surface area (Å²) in [5.74, 6) is 0.812. The molecule has 1 unspecified atom stereocenters. The molecule has 2 heteroatoms. The number of thioether (sulfide) groups is 1. The summed E-state index contributed by atoms with van der Waals surface area (Å²) in [7, 11) is 0. The van der Waals surface area contributed by atoms with Crippen LogP contribution in [0.3, 0.4) is 0 Å². The third kappa shape index (κ3) is 5.57. The summed E-state index contributed by atoms with van der Waals surface area (Å²) < 4.78 is 0. The van der Waals surface area contributed by atoms with Crippen molar-refractivity contribution in [1.82, 2.24) is 0 Å². The zero-order valence-electron chi connectivity index (χ0n) is 10.3. The van der Waals surface area contributed by atoms with Crippen LogP contribution in [0.5, 0.6) is 0 Å². The van der Waals surface area contributed by atoms with Crippen LogP contribution in [-0.4, -0.2) is 17.0 Å². The predicted molar refractivity (Wildman–Crippen MR) is 72.1 cm³/mol. The first-order chi connectivity index (χ1) is 7.72. The monoisotopic (exact) mass is 238 g/mol. The number of benzene rings is 1. The van der Waals surface area contributed by atoms with Crippen LogP contribution in [0.2, 0.25) is 0 Å². The molecule has 0 saturated heterocycles. The lowest BCUT2D eigenvalue weighted by atomic mass is 10.1. The van der Waals surface area contributed by atoms with E-state index >= 15 is 0 Å². The van der Waals surface area contributed by atoms with Crippen LogP contribution in [0.4, 0.5) is 0 Å². The Morgan fingerprint density at radius 2 is 1.88 bits per heavy atom. The molecule has 16 heavy (non-hydrogen) atoms. The summed E-state index contributed by atoms with van der Waals surface area (Å²) in [4.78, 5) is 1.25. The molecule has 0 radical (unpaired) electrons. The standard InChI is InChI=1S/C14H22OS/c1-3-4-5-6-13(15)11-16-14-9-7-12(2)8-10-14/h7-10,13,15H,3-6,11H2,1-2H3. The smallest absolute Gasteiger partial charge is 0.0634 e. The molecule has 1 aromatic rings. The lowest BCUT2D eigenvalue weighted by Crippen LogP contribution is -2.09. The minimum atomic E-state index is -0.155. The van der Waals surface area contributed by atoms with Gasteiger partial charge in [-0.1, -0.05) is 43.9 Å². The van der Waals surface area contributed by atoms with Crippen molar-refractivity contribution >= 4 is 11.8 Å². The molecule has 0 fully saturated rings. The molecule has 0 spiro atoms. The van der Waals surface area contributed by atoms with Gasteiger partial charge in [-0.3, -0.25) is 0 Å². The van der Waals surface area contributed by atoms with E-state index in [4.69, 9.17) is 0 Å². The Morgan fingerprint density at radius 3 is 2.50 bits per heavy atom. The molecule has 1 rings (SSSR count). The third-order valence-electron chi connectivity index (χ3n) is 2.60. The molecular weight excluding hydrogens is 216 g/mol. The third-order valence-corrected chi connectivity index (χ3v) is 3.76. The topological polar surface area (TPSA) is 20.2 Å². The van der Waals surface area contributed by atoms with Crippen molar-refractivity contribution in [1.29, 1.82) is 0 Å². The van der Waals surface area contributed by atoms with Crippen LogP contribution in [-0.2, 0) is 0 Å². The molecule has 0 aromatic heterocycles. The average Bonchev–Trinajstić information content (AvgIpc) is 2.29. The normalized spacial score (nSPS) is 12.7. The fourth-order valence-electron chi connectivity index (χ4n) is 1.54. The minimum Gasteiger partial charge on any atom is -0.392 e. The van der Waals surface area contributed by atoms with Crippen molar-refractivity contribution in [2.24, 2.45) is 0 Å². The van der Waals surface area contributed by atoms with E-state index in [-0.39, 0.29) is 6.10 Å². The highest BCUT2D eigenvalue weighted by Gasteiger charge is 2.04. The van der Waals surface area contributed by atoms with Crippen molar-refractivity contribution in [2.45, 2.75) is 50.5 Å². The first kappa shape index (κ1) is 13.6. The molecule has 0 aliphatic heterocycles. The van der Waals surface area contributed by atoms with Gasteiger partial charge in [-0.25, -0.2) is 0 Å². The number of aliphatic hydroxyl groups excluding tert-OH is 1. The van der Waals surface area contributed by atoms with Gasteiger partial charge in [0.05, 0.1) is 6.10 Å². The summed E-state index contributed by atoms with van der Waals surface area (Å²) in [6.45, 7) is 4.28. The second-order valence-corrected chi connectivity index (χ2v) is 5.37. The average molecular weight is 238 g/mol. The van der Waals surface area contributed by atoms with Gasteiger partial charge < -0.3 is 5.11 Å². The van der Waals surface area contributed by atoms with Gasteiger partial charge in [0.15, 0.2) is 0 Å². The number of aryl methyl sites for hydroxylation is 1. The molecule has 1 nitrogen and oxygen atoms in total. The SMILES string of the molecule is CCCCCC(O)CSc1ccc(C)cc1. The van der Waals surface area contributed by atoms with E-state index in [1.165, 1.54) is 23.3 Å². The molecule has 0 bridgehead atoms. The van der Waals surface area contributed by atoms with Crippen molar-refractivity contribution in [3.8, 4) is 0 Å². The number of hydrogen-bond donors (Lipinski definition) is 1. The van der Waals surface area contributed by atoms with Gasteiger partial charge >= 0.3 is 0 Å². The van der Waals surface area contributed by atoms with Crippen LogP contribution in [0.15, 0.2) is 29.2 Å². The van der Waals surface area contributed by atoms with Gasteiger partial charge in [0.2, 0.25) is 0 Å². The van der Waals surface area contributed by atoms with Crippen molar-refractivity contribution in [3.63, 3.8) is 0 Å². The second kappa shape index (κ2) is 7.75. The van der Waals surface area contributed by atoms with E-state index < -0.39 is 0 Å². The largest absolute Gasteiger partial charge is 0.392 e. The van der Waals surface area contributed by atoms with Crippen molar-refractivity contribution < 1.29 is 5.11 Å². The highest BCUT2D eigenvalue weighted by Crippen LogP contribution is 2.20. The van der Waals surface area contributed by atoms with E-state index in [1.807, 2.05) is 0 Å². The van der Waals surface area contributed by atoms with Gasteiger partial charge in [-0.05, 0) is 25.5 Å². The maximum atomic E-state index is 9.77. The Labute approximate surface area is 103 Å². The zero-order chi connectivity index (χ0) is 11.8. The fourth-order valence-corrected chi connectivity index (χ4v) is 2.42. The van der Waals surface area contributed by atoms with Gasteiger partial charge in [0.1, 0.15) is 0 Å². The number of hydrogen-bond acceptors (Lipinski definition) is 2. The van der Waals surface area contributed by atoms with E-state index in [1.54, 1.807) is 11.8 Å². The zero-order valence-corrected chi connectivity index (χ0v) is 11.1. The van der Waals surface area contributed by atoms with Crippen LogP contribution in [0.1, 0.15) is 38.2 Å². The molecule has 0 amide bonds. The quantitative estimate of drug-likeness (QED) is 0.572. The van der Waals surface area contributed by atoms with E-state index in [9.17, 15) is 5.11 Å². The maximum Gasteiger partial charge on any atom is 0.0634 e. The molecule has 0 aliphatic carbocycles. The molecule has 1 atom stereocenters. The van der Waals surface area contributed by atoms with Crippen molar-refractivity contribution in [3.05, 3.63) is 29.8 Å². The van der Waals surface area contributed by atoms with Gasteiger partial charge in [-0.15, -0.1) is 11.8 Å². The van der Waals surface area contributed by atoms with Crippen LogP contribution in [0, 0.1) is 6.92 Å². The van der Waals surface area contributed by atoms with Gasteiger partial charge in [0.25, 0.3) is 0 Å².